The van der Waals surface area contributed by atoms with Gasteiger partial charge in [-0.3, -0.25) is 4.79 Å². The lowest BCUT2D eigenvalue weighted by molar-refractivity contribution is 0.0695. The lowest BCUT2D eigenvalue weighted by Gasteiger charge is -2.20. The molecule has 0 radical (unpaired) electrons. The van der Waals surface area contributed by atoms with E-state index in [9.17, 15) is 14.7 Å². The topological polar surface area (TPSA) is 146 Å². The predicted octanol–water partition coefficient (Wildman–Crippen LogP) is 7.24. The highest BCUT2D eigenvalue weighted by Gasteiger charge is 2.22. The van der Waals surface area contributed by atoms with Crippen LogP contribution in [0.4, 0.5) is 0 Å². The Labute approximate surface area is 289 Å². The molecule has 1 amide bonds. The summed E-state index contributed by atoms with van der Waals surface area (Å²) in [6, 6.07) is 2.16. The first-order chi connectivity index (χ1) is 21.2. The zero-order chi connectivity index (χ0) is 34.4. The van der Waals surface area contributed by atoms with Gasteiger partial charge in [-0.05, 0) is 64.7 Å². The number of carboxylic acid groups (broad SMARTS) is 1. The molecule has 4 rings (SSSR count). The molecule has 16 heteroatoms. The lowest BCUT2D eigenvalue weighted by Crippen LogP contribution is -2.40. The summed E-state index contributed by atoms with van der Waals surface area (Å²) >= 11 is 6.54. The molecule has 2 N–H and O–H groups in total. The van der Waals surface area contributed by atoms with Crippen LogP contribution in [0.3, 0.4) is 0 Å². The number of carbonyl (C=O) groups excluding carboxylic acids is 1. The molecule has 0 spiro atoms. The Hall–Kier alpha value is -2.51. The molecule has 4 aromatic heterocycles. The van der Waals surface area contributed by atoms with Crippen molar-refractivity contribution in [2.24, 2.45) is 0 Å². The van der Waals surface area contributed by atoms with Crippen molar-refractivity contribution >= 4 is 82.2 Å². The fourth-order valence-corrected chi connectivity index (χ4v) is 6.14. The first-order valence-electron chi connectivity index (χ1n) is 15.0. The number of aromatic nitrogens is 6. The van der Waals surface area contributed by atoms with E-state index < -0.39 is 22.1 Å². The summed E-state index contributed by atoms with van der Waals surface area (Å²) in [4.78, 5) is 41.2. The van der Waals surface area contributed by atoms with Crippen LogP contribution in [-0.2, 0) is 22.9 Å². The Bertz CT molecular complexity index is 1670. The van der Waals surface area contributed by atoms with Gasteiger partial charge in [-0.2, -0.15) is 0 Å². The van der Waals surface area contributed by atoms with Gasteiger partial charge in [-0.15, -0.1) is 0 Å². The van der Waals surface area contributed by atoms with Crippen molar-refractivity contribution in [2.75, 3.05) is 13.2 Å². The lowest BCUT2D eigenvalue weighted by atomic mass is 10.1. The number of amides is 1. The molecular weight excluding hydrogens is 754 g/mol. The highest BCUT2D eigenvalue weighted by Crippen LogP contribution is 2.22. The van der Waals surface area contributed by atoms with Crippen LogP contribution in [0.5, 0.6) is 0 Å². The van der Waals surface area contributed by atoms with E-state index in [1.54, 1.807) is 23.2 Å². The summed E-state index contributed by atoms with van der Waals surface area (Å²) < 4.78 is 16.1. The maximum atomic E-state index is 12.6. The summed E-state index contributed by atoms with van der Waals surface area (Å²) in [6.45, 7) is 21.7. The van der Waals surface area contributed by atoms with Crippen LogP contribution in [0.2, 0.25) is 51.4 Å². The van der Waals surface area contributed by atoms with Crippen molar-refractivity contribution in [3.05, 3.63) is 45.1 Å². The molecule has 0 saturated heterocycles. The number of fused-ring (bicyclic) bond motifs is 2. The standard InChI is InChI=1S/C17H27BrN4O2Si.C13H18BrN3O3Si/c1-17(2,3)21-16(23)12-10-22(11-24-7-8-25(4,5)6)15-14(12)20-13(18)9-19-15;1-21(2,3)5-4-20-8-17-7-9(13(18)19)11-12(17)15-6-10(14)16-11/h9-10H,7-8,11H2,1-6H3,(H,21,23);6-7H,4-5,8H2,1-3H3,(H,18,19). The Kier molecular flexibility index (Phi) is 12.9. The zero-order valence-corrected chi connectivity index (χ0v) is 33.2. The van der Waals surface area contributed by atoms with E-state index in [1.807, 2.05) is 25.3 Å². The number of nitrogens with one attached hydrogen (secondary N) is 1. The minimum absolute atomic E-state index is 0.132. The molecule has 0 atom stereocenters. The number of aromatic carboxylic acids is 1. The van der Waals surface area contributed by atoms with Crippen LogP contribution >= 0.6 is 31.9 Å². The molecule has 252 valence electrons. The summed E-state index contributed by atoms with van der Waals surface area (Å²) in [6.07, 6.45) is 6.47. The Morgan fingerprint density at radius 1 is 0.804 bits per heavy atom. The average molecular weight is 800 g/mol. The molecule has 0 unspecified atom stereocenters. The second-order valence-electron chi connectivity index (χ2n) is 14.5. The molecule has 46 heavy (non-hydrogen) atoms. The van der Waals surface area contributed by atoms with Crippen LogP contribution in [0.1, 0.15) is 41.5 Å². The third-order valence-corrected chi connectivity index (χ3v) is 10.7. The SMILES string of the molecule is CC(C)(C)NC(=O)c1cn(COCC[Si](C)(C)C)c2ncc(Br)nc12.C[Si](C)(C)CCOCn1cc(C(=O)O)c2nc(Br)cnc21. The average Bonchev–Trinajstić information content (AvgIpc) is 3.45. The number of halogens is 2. The summed E-state index contributed by atoms with van der Waals surface area (Å²) in [5, 5.41) is 12.2. The van der Waals surface area contributed by atoms with Crippen LogP contribution in [0.15, 0.2) is 34.0 Å². The molecule has 0 aliphatic rings. The maximum absolute atomic E-state index is 12.6. The van der Waals surface area contributed by atoms with Crippen molar-refractivity contribution in [1.29, 1.82) is 0 Å². The number of carbonyl (C=O) groups is 2. The molecule has 0 saturated carbocycles. The number of ether oxygens (including phenoxy) is 2. The largest absolute Gasteiger partial charge is 0.478 e. The normalized spacial score (nSPS) is 12.3. The van der Waals surface area contributed by atoms with E-state index >= 15 is 0 Å². The summed E-state index contributed by atoms with van der Waals surface area (Å²) in [5.74, 6) is -1.18. The van der Waals surface area contributed by atoms with Gasteiger partial charge in [0.25, 0.3) is 5.91 Å². The number of carboxylic acids is 1. The van der Waals surface area contributed by atoms with Gasteiger partial charge in [-0.1, -0.05) is 39.3 Å². The van der Waals surface area contributed by atoms with Gasteiger partial charge < -0.3 is 29.0 Å². The van der Waals surface area contributed by atoms with Crippen molar-refractivity contribution < 1.29 is 24.2 Å². The molecule has 0 bridgehead atoms. The molecule has 4 aromatic rings. The summed E-state index contributed by atoms with van der Waals surface area (Å²) in [5.41, 5.74) is 2.42. The van der Waals surface area contributed by atoms with E-state index in [4.69, 9.17) is 9.47 Å². The fraction of sp³-hybridized carbons (Fsp3) is 0.533. The minimum atomic E-state index is -1.13. The maximum Gasteiger partial charge on any atom is 0.339 e. The first-order valence-corrected chi connectivity index (χ1v) is 24.0. The molecule has 12 nitrogen and oxygen atoms in total. The van der Waals surface area contributed by atoms with Gasteiger partial charge >= 0.3 is 5.97 Å². The number of rotatable bonds is 12. The van der Waals surface area contributed by atoms with Crippen LogP contribution in [0.25, 0.3) is 22.3 Å². The van der Waals surface area contributed by atoms with Crippen LogP contribution in [-0.4, -0.2) is 81.0 Å². The van der Waals surface area contributed by atoms with Crippen LogP contribution in [0, 0.1) is 0 Å². The Balaban J connectivity index is 0.000000254. The van der Waals surface area contributed by atoms with Gasteiger partial charge in [0.05, 0.1) is 18.0 Å². The second-order valence-corrected chi connectivity index (χ2v) is 27.3. The number of hydrogen-bond acceptors (Lipinski definition) is 8. The first kappa shape index (κ1) is 37.9. The highest BCUT2D eigenvalue weighted by molar-refractivity contribution is 9.10. The monoisotopic (exact) mass is 797 g/mol. The van der Waals surface area contributed by atoms with Gasteiger partial charge in [0.2, 0.25) is 0 Å². The Morgan fingerprint density at radius 2 is 1.22 bits per heavy atom. The number of hydrogen-bond donors (Lipinski definition) is 2. The van der Waals surface area contributed by atoms with E-state index in [-0.39, 0.29) is 23.7 Å². The van der Waals surface area contributed by atoms with Crippen molar-refractivity contribution in [1.82, 2.24) is 34.4 Å². The van der Waals surface area contributed by atoms with Gasteiger partial charge in [0, 0.05) is 47.3 Å². The quantitative estimate of drug-likeness (QED) is 0.112. The zero-order valence-electron chi connectivity index (χ0n) is 28.1. The third kappa shape index (κ3) is 11.6. The van der Waals surface area contributed by atoms with Gasteiger partial charge in [0.15, 0.2) is 11.3 Å². The predicted molar refractivity (Wildman–Crippen MR) is 193 cm³/mol. The van der Waals surface area contributed by atoms with Crippen molar-refractivity contribution in [3.8, 4) is 0 Å². The van der Waals surface area contributed by atoms with E-state index in [0.717, 1.165) is 12.1 Å². The van der Waals surface area contributed by atoms with E-state index in [2.05, 4.69) is 96.4 Å². The second kappa shape index (κ2) is 15.6. The van der Waals surface area contributed by atoms with Gasteiger partial charge in [-0.25, -0.2) is 24.7 Å². The van der Waals surface area contributed by atoms with E-state index in [1.165, 1.54) is 6.20 Å². The third-order valence-electron chi connectivity index (χ3n) is 6.49. The van der Waals surface area contributed by atoms with E-state index in [0.29, 0.717) is 57.0 Å². The van der Waals surface area contributed by atoms with Crippen molar-refractivity contribution in [2.45, 2.75) is 91.1 Å². The Morgan fingerprint density at radius 3 is 1.61 bits per heavy atom. The van der Waals surface area contributed by atoms with Crippen LogP contribution < -0.4 is 5.32 Å². The molecule has 0 fully saturated rings. The minimum Gasteiger partial charge on any atom is -0.478 e. The molecule has 0 aliphatic carbocycles. The summed E-state index contributed by atoms with van der Waals surface area (Å²) in [7, 11) is -2.26. The van der Waals surface area contributed by atoms with Gasteiger partial charge in [0.1, 0.15) is 39.3 Å². The molecule has 0 aromatic carbocycles. The van der Waals surface area contributed by atoms with Crippen molar-refractivity contribution in [3.63, 3.8) is 0 Å². The smallest absolute Gasteiger partial charge is 0.339 e. The molecule has 0 aliphatic heterocycles. The highest BCUT2D eigenvalue weighted by atomic mass is 79.9. The molecular formula is C30H45Br2N7O5Si2. The number of nitrogens with zero attached hydrogens (tertiary/aromatic N) is 6. The molecule has 4 heterocycles. The fourth-order valence-electron chi connectivity index (χ4n) is 4.07.